The van der Waals surface area contributed by atoms with E-state index in [9.17, 15) is 9.90 Å². The molecular weight excluding hydrogens is 623 g/mol. The maximum atomic E-state index is 12.2. The number of aromatic nitrogens is 1. The summed E-state index contributed by atoms with van der Waals surface area (Å²) in [5, 5.41) is 13.3. The summed E-state index contributed by atoms with van der Waals surface area (Å²) in [5.74, 6) is 1.58. The molecule has 6 heteroatoms. The van der Waals surface area contributed by atoms with Crippen molar-refractivity contribution in [1.29, 1.82) is 0 Å². The van der Waals surface area contributed by atoms with Gasteiger partial charge in [-0.05, 0) is 37.1 Å². The smallest absolute Gasteiger partial charge is 0.218 e. The molecule has 1 radical (unpaired) electrons. The quantitative estimate of drug-likeness (QED) is 0.142. The van der Waals surface area contributed by atoms with Gasteiger partial charge in [-0.3, -0.25) is 4.79 Å². The molecule has 0 spiro atoms. The predicted molar refractivity (Wildman–Crippen MR) is 138 cm³/mol. The number of nitrogens with zero attached hydrogens (tertiary/aromatic N) is 1. The Balaban J connectivity index is 0.000000330. The van der Waals surface area contributed by atoms with Gasteiger partial charge in [0.05, 0.1) is 0 Å². The van der Waals surface area contributed by atoms with E-state index >= 15 is 0 Å². The Bertz CT molecular complexity index is 1050. The number of pyridine rings is 1. The second-order valence-electron chi connectivity index (χ2n) is 8.74. The van der Waals surface area contributed by atoms with Gasteiger partial charge in [0.15, 0.2) is 5.78 Å². The molecule has 0 aliphatic rings. The second kappa shape index (κ2) is 13.8. The van der Waals surface area contributed by atoms with Crippen LogP contribution in [0.15, 0.2) is 59.8 Å². The first-order chi connectivity index (χ1) is 15.7. The number of ether oxygens (including phenoxy) is 1. The molecule has 0 fully saturated rings. The summed E-state index contributed by atoms with van der Waals surface area (Å²) in [6.07, 6.45) is 6.58. The molecule has 0 amide bonds. The number of carbonyl (C=O) groups excluding carboxylic acids is 1. The van der Waals surface area contributed by atoms with Gasteiger partial charge in [-0.15, -0.1) is 23.5 Å². The van der Waals surface area contributed by atoms with Gasteiger partial charge in [0.2, 0.25) is 5.88 Å². The van der Waals surface area contributed by atoms with Crippen molar-refractivity contribution < 1.29 is 34.7 Å². The molecule has 1 aromatic carbocycles. The first-order valence-electron chi connectivity index (χ1n) is 11.6. The van der Waals surface area contributed by atoms with Crippen LogP contribution in [-0.2, 0) is 24.9 Å². The van der Waals surface area contributed by atoms with E-state index in [4.69, 9.17) is 4.74 Å². The number of fused-ring (bicyclic) bond motifs is 1. The molecule has 0 unspecified atom stereocenters. The number of hydrogen-bond donors (Lipinski definition) is 1. The Morgan fingerprint density at radius 1 is 1.09 bits per heavy atom. The van der Waals surface area contributed by atoms with Crippen molar-refractivity contribution in [2.24, 2.45) is 10.8 Å². The third-order valence-electron chi connectivity index (χ3n) is 6.81. The fraction of sp³-hybridized carbons (Fsp3) is 0.429. The SMILES string of the molecule is CCC(C)(CC)C(=O)/C=C(\O)C(C)(CC)CC.[Ir].[c-]1ccccc1Oc1cc2sccc2cn1. The fourth-order valence-corrected chi connectivity index (χ4v) is 3.92. The van der Waals surface area contributed by atoms with Crippen molar-refractivity contribution in [3.05, 3.63) is 65.9 Å². The molecule has 1 N–H and O–H groups in total. The minimum absolute atomic E-state index is 0. The van der Waals surface area contributed by atoms with Crippen LogP contribution in [0, 0.1) is 16.9 Å². The van der Waals surface area contributed by atoms with Crippen LogP contribution < -0.4 is 4.74 Å². The number of benzene rings is 1. The fourth-order valence-electron chi connectivity index (χ4n) is 3.13. The van der Waals surface area contributed by atoms with Crippen molar-refractivity contribution in [2.75, 3.05) is 0 Å². The zero-order chi connectivity index (χ0) is 24.5. The minimum atomic E-state index is -0.337. The van der Waals surface area contributed by atoms with Gasteiger partial charge in [0, 0.05) is 65.1 Å². The summed E-state index contributed by atoms with van der Waals surface area (Å²) in [6, 6.07) is 14.5. The summed E-state index contributed by atoms with van der Waals surface area (Å²) < 4.78 is 6.78. The summed E-state index contributed by atoms with van der Waals surface area (Å²) in [4.78, 5) is 16.4. The average Bonchev–Trinajstić information content (AvgIpc) is 3.32. The average molecular weight is 659 g/mol. The Morgan fingerprint density at radius 2 is 1.74 bits per heavy atom. The van der Waals surface area contributed by atoms with Crippen molar-refractivity contribution in [3.63, 3.8) is 0 Å². The molecule has 3 rings (SSSR count). The number of allylic oxidation sites excluding steroid dienone is 2. The Hall–Kier alpha value is -2.01. The predicted octanol–water partition coefficient (Wildman–Crippen LogP) is 8.54. The molecule has 4 nitrogen and oxygen atoms in total. The summed E-state index contributed by atoms with van der Waals surface area (Å²) in [5.41, 5.74) is -0.603. The van der Waals surface area contributed by atoms with Crippen LogP contribution in [0.1, 0.15) is 67.2 Å². The molecule has 0 aliphatic carbocycles. The zero-order valence-corrected chi connectivity index (χ0v) is 24.2. The van der Waals surface area contributed by atoms with Gasteiger partial charge in [-0.2, -0.15) is 18.2 Å². The molecule has 0 aliphatic heterocycles. The second-order valence-corrected chi connectivity index (χ2v) is 9.69. The van der Waals surface area contributed by atoms with Crippen LogP contribution in [0.4, 0.5) is 0 Å². The van der Waals surface area contributed by atoms with Crippen LogP contribution in [0.5, 0.6) is 11.6 Å². The molecule has 0 saturated heterocycles. The van der Waals surface area contributed by atoms with Crippen molar-refractivity contribution in [3.8, 4) is 11.6 Å². The number of aliphatic hydroxyl groups excluding tert-OH is 1. The molecule has 0 saturated carbocycles. The minimum Gasteiger partial charge on any atom is -0.512 e. The van der Waals surface area contributed by atoms with Gasteiger partial charge >= 0.3 is 0 Å². The number of thiophene rings is 1. The van der Waals surface area contributed by atoms with Crippen LogP contribution in [0.25, 0.3) is 10.1 Å². The van der Waals surface area contributed by atoms with Crippen LogP contribution >= 0.6 is 11.3 Å². The first-order valence-corrected chi connectivity index (χ1v) is 12.5. The molecule has 0 atom stereocenters. The largest absolute Gasteiger partial charge is 0.512 e. The van der Waals surface area contributed by atoms with E-state index in [0.717, 1.165) is 31.1 Å². The molecule has 2 heterocycles. The number of hydrogen-bond acceptors (Lipinski definition) is 5. The van der Waals surface area contributed by atoms with Gasteiger partial charge in [0.25, 0.3) is 0 Å². The van der Waals surface area contributed by atoms with E-state index in [2.05, 4.69) is 11.1 Å². The molecule has 2 aromatic heterocycles. The number of carbonyl (C=O) groups is 1. The van der Waals surface area contributed by atoms with E-state index in [1.165, 1.54) is 10.8 Å². The third kappa shape index (κ3) is 7.76. The van der Waals surface area contributed by atoms with Gasteiger partial charge in [-0.1, -0.05) is 41.5 Å². The Labute approximate surface area is 221 Å². The topological polar surface area (TPSA) is 59.4 Å². The number of aliphatic hydroxyl groups is 1. The molecule has 3 aromatic rings. The summed E-state index contributed by atoms with van der Waals surface area (Å²) in [6.45, 7) is 12.1. The van der Waals surface area contributed by atoms with E-state index < -0.39 is 0 Å². The summed E-state index contributed by atoms with van der Waals surface area (Å²) >= 11 is 1.68. The number of rotatable bonds is 9. The van der Waals surface area contributed by atoms with Crippen molar-refractivity contribution in [2.45, 2.75) is 67.2 Å². The summed E-state index contributed by atoms with van der Waals surface area (Å²) in [7, 11) is 0. The maximum Gasteiger partial charge on any atom is 0.218 e. The Kier molecular flexibility index (Phi) is 12.2. The third-order valence-corrected chi connectivity index (χ3v) is 7.69. The van der Waals surface area contributed by atoms with E-state index in [1.54, 1.807) is 11.3 Å². The normalized spacial score (nSPS) is 11.9. The number of ketones is 1. The van der Waals surface area contributed by atoms with E-state index in [0.29, 0.717) is 11.6 Å². The van der Waals surface area contributed by atoms with Crippen LogP contribution in [0.2, 0.25) is 0 Å². The van der Waals surface area contributed by atoms with Crippen molar-refractivity contribution >= 4 is 27.2 Å². The van der Waals surface area contributed by atoms with Crippen molar-refractivity contribution in [1.82, 2.24) is 4.98 Å². The maximum absolute atomic E-state index is 12.2. The standard InChI is InChI=1S/C15H28O2.C13H8NOS.Ir/c1-7-14(5,8-2)12(16)11-13(17)15(6,9-3)10-4;1-2-4-11(5-3-1)15-13-8-12-10(9-14-13)6-7-16-12;/h11,16H,7-10H2,1-6H3;1-4,6-9H;/q;-1;/b12-11-;;. The molecule has 187 valence electrons. The van der Waals surface area contributed by atoms with Crippen LogP contribution in [0.3, 0.4) is 0 Å². The van der Waals surface area contributed by atoms with Crippen LogP contribution in [-0.4, -0.2) is 15.9 Å². The molecule has 0 bridgehead atoms. The number of para-hydroxylation sites is 1. The Morgan fingerprint density at radius 3 is 2.29 bits per heavy atom. The molecular formula is C28H36IrNO3S-. The molecule has 34 heavy (non-hydrogen) atoms. The van der Waals surface area contributed by atoms with E-state index in [1.807, 2.05) is 89.5 Å². The monoisotopic (exact) mass is 659 g/mol. The van der Waals surface area contributed by atoms with E-state index in [-0.39, 0.29) is 42.5 Å². The van der Waals surface area contributed by atoms with Gasteiger partial charge in [-0.25, -0.2) is 4.98 Å². The van der Waals surface area contributed by atoms with Gasteiger partial charge in [0.1, 0.15) is 5.76 Å². The van der Waals surface area contributed by atoms with Gasteiger partial charge < -0.3 is 9.84 Å². The first kappa shape index (κ1) is 30.0. The zero-order valence-electron chi connectivity index (χ0n) is 21.0.